The van der Waals surface area contributed by atoms with Crippen LogP contribution in [-0.4, -0.2) is 38.2 Å². The van der Waals surface area contributed by atoms with Gasteiger partial charge in [0.05, 0.1) is 11.8 Å². The molecule has 1 aliphatic carbocycles. The Morgan fingerprint density at radius 2 is 2.04 bits per heavy atom. The average molecular weight is 369 g/mol. The lowest BCUT2D eigenvalue weighted by molar-refractivity contribution is -0.144. The standard InChI is InChI=1S/C16H18F3N5O2/c1-9-12(3-2-8-20-9)26-11-6-4-10(5-7-11)21-14(25)13-22-15(24-23-13)16(17,18)19/h2-3,8,10-11H,4-7H2,1H3,(H,21,25)(H,22,23,24). The van der Waals surface area contributed by atoms with Crippen molar-refractivity contribution in [2.75, 3.05) is 0 Å². The van der Waals surface area contributed by atoms with E-state index in [4.69, 9.17) is 4.74 Å². The Balaban J connectivity index is 1.50. The van der Waals surface area contributed by atoms with Crippen LogP contribution in [0, 0.1) is 6.92 Å². The number of alkyl halides is 3. The van der Waals surface area contributed by atoms with Crippen molar-refractivity contribution in [3.63, 3.8) is 0 Å². The Hall–Kier alpha value is -2.65. The Bertz CT molecular complexity index is 769. The Morgan fingerprint density at radius 3 is 2.65 bits per heavy atom. The molecule has 2 aromatic heterocycles. The molecule has 0 unspecified atom stereocenters. The molecule has 0 spiro atoms. The molecule has 3 rings (SSSR count). The van der Waals surface area contributed by atoms with E-state index in [2.05, 4.69) is 20.4 Å². The minimum atomic E-state index is -4.66. The fraction of sp³-hybridized carbons (Fsp3) is 0.500. The summed E-state index contributed by atoms with van der Waals surface area (Å²) < 4.78 is 43.4. The lowest BCUT2D eigenvalue weighted by Crippen LogP contribution is -2.40. The van der Waals surface area contributed by atoms with Crippen molar-refractivity contribution in [1.29, 1.82) is 0 Å². The fourth-order valence-electron chi connectivity index (χ4n) is 2.84. The zero-order valence-corrected chi connectivity index (χ0v) is 14.0. The van der Waals surface area contributed by atoms with Crippen LogP contribution in [0.25, 0.3) is 0 Å². The first-order valence-electron chi connectivity index (χ1n) is 8.21. The fourth-order valence-corrected chi connectivity index (χ4v) is 2.84. The van der Waals surface area contributed by atoms with Crippen molar-refractivity contribution < 1.29 is 22.7 Å². The lowest BCUT2D eigenvalue weighted by atomic mass is 9.93. The molecule has 0 aliphatic heterocycles. The molecule has 2 aromatic rings. The summed E-state index contributed by atoms with van der Waals surface area (Å²) in [7, 11) is 0. The Morgan fingerprint density at radius 1 is 1.31 bits per heavy atom. The van der Waals surface area contributed by atoms with E-state index in [0.29, 0.717) is 12.8 Å². The highest BCUT2D eigenvalue weighted by Gasteiger charge is 2.36. The zero-order valence-electron chi connectivity index (χ0n) is 14.0. The molecule has 1 saturated carbocycles. The summed E-state index contributed by atoms with van der Waals surface area (Å²) in [6, 6.07) is 3.52. The minimum absolute atomic E-state index is 0.0198. The molecular weight excluding hydrogens is 351 g/mol. The van der Waals surface area contributed by atoms with Crippen molar-refractivity contribution in [2.45, 2.75) is 50.9 Å². The van der Waals surface area contributed by atoms with Gasteiger partial charge in [-0.2, -0.15) is 18.2 Å². The summed E-state index contributed by atoms with van der Waals surface area (Å²) in [5.74, 6) is -1.78. The number of aromatic nitrogens is 4. The van der Waals surface area contributed by atoms with Gasteiger partial charge in [-0.15, -0.1) is 5.10 Å². The first kappa shape index (κ1) is 18.2. The van der Waals surface area contributed by atoms with Gasteiger partial charge in [0.1, 0.15) is 5.75 Å². The summed E-state index contributed by atoms with van der Waals surface area (Å²) in [6.07, 6.45) is -0.181. The highest BCUT2D eigenvalue weighted by molar-refractivity contribution is 5.90. The number of amides is 1. The lowest BCUT2D eigenvalue weighted by Gasteiger charge is -2.29. The Kier molecular flexibility index (Phi) is 5.10. The molecule has 1 fully saturated rings. The second-order valence-corrected chi connectivity index (χ2v) is 6.16. The van der Waals surface area contributed by atoms with Crippen LogP contribution in [0.3, 0.4) is 0 Å². The number of pyridine rings is 1. The van der Waals surface area contributed by atoms with Gasteiger partial charge in [0.15, 0.2) is 0 Å². The van der Waals surface area contributed by atoms with Crippen LogP contribution < -0.4 is 10.1 Å². The predicted molar refractivity (Wildman–Crippen MR) is 84.5 cm³/mol. The molecule has 0 atom stereocenters. The topological polar surface area (TPSA) is 92.8 Å². The second-order valence-electron chi connectivity index (χ2n) is 6.16. The highest BCUT2D eigenvalue weighted by atomic mass is 19.4. The van der Waals surface area contributed by atoms with Crippen LogP contribution in [-0.2, 0) is 6.18 Å². The molecule has 1 aliphatic rings. The van der Waals surface area contributed by atoms with E-state index in [1.165, 1.54) is 0 Å². The summed E-state index contributed by atoms with van der Waals surface area (Å²) in [5.41, 5.74) is 0.813. The first-order chi connectivity index (χ1) is 12.3. The molecule has 0 saturated heterocycles. The maximum atomic E-state index is 12.5. The van der Waals surface area contributed by atoms with Gasteiger partial charge in [0.25, 0.3) is 5.91 Å². The van der Waals surface area contributed by atoms with Crippen LogP contribution in [0.2, 0.25) is 0 Å². The molecular formula is C16H18F3N5O2. The van der Waals surface area contributed by atoms with Gasteiger partial charge < -0.3 is 10.1 Å². The number of hydrogen-bond acceptors (Lipinski definition) is 5. The first-order valence-corrected chi connectivity index (χ1v) is 8.21. The molecule has 1 amide bonds. The quantitative estimate of drug-likeness (QED) is 0.864. The molecule has 10 heteroatoms. The third-order valence-corrected chi connectivity index (χ3v) is 4.22. The van der Waals surface area contributed by atoms with Gasteiger partial charge in [0, 0.05) is 12.2 Å². The number of ether oxygens (including phenoxy) is 1. The molecule has 140 valence electrons. The predicted octanol–water partition coefficient (Wildman–Crippen LogP) is 2.65. The molecule has 0 radical (unpaired) electrons. The number of hydrogen-bond donors (Lipinski definition) is 2. The van der Waals surface area contributed by atoms with Crippen LogP contribution in [0.5, 0.6) is 5.75 Å². The number of carbonyl (C=O) groups excluding carboxylic acids is 1. The number of H-pyrrole nitrogens is 1. The van der Waals surface area contributed by atoms with Gasteiger partial charge in [0.2, 0.25) is 11.6 Å². The van der Waals surface area contributed by atoms with Crippen molar-refractivity contribution in [3.05, 3.63) is 35.7 Å². The van der Waals surface area contributed by atoms with E-state index in [9.17, 15) is 18.0 Å². The van der Waals surface area contributed by atoms with Gasteiger partial charge in [-0.3, -0.25) is 14.9 Å². The van der Waals surface area contributed by atoms with Crippen molar-refractivity contribution in [1.82, 2.24) is 25.5 Å². The smallest absolute Gasteiger partial charge is 0.451 e. The number of aryl methyl sites for hydroxylation is 1. The van der Waals surface area contributed by atoms with E-state index in [-0.39, 0.29) is 12.1 Å². The normalized spacial score (nSPS) is 20.6. The molecule has 0 bridgehead atoms. The summed E-state index contributed by atoms with van der Waals surface area (Å²) in [6.45, 7) is 1.87. The van der Waals surface area contributed by atoms with Gasteiger partial charge in [-0.05, 0) is 44.7 Å². The zero-order chi connectivity index (χ0) is 18.7. The van der Waals surface area contributed by atoms with E-state index in [1.807, 2.05) is 13.0 Å². The van der Waals surface area contributed by atoms with E-state index in [1.54, 1.807) is 17.4 Å². The van der Waals surface area contributed by atoms with Crippen LogP contribution >= 0.6 is 0 Å². The van der Waals surface area contributed by atoms with Crippen molar-refractivity contribution in [2.24, 2.45) is 0 Å². The van der Waals surface area contributed by atoms with Crippen molar-refractivity contribution in [3.8, 4) is 5.75 Å². The molecule has 2 heterocycles. The third-order valence-electron chi connectivity index (χ3n) is 4.22. The molecule has 0 aromatic carbocycles. The van der Waals surface area contributed by atoms with E-state index >= 15 is 0 Å². The SMILES string of the molecule is Cc1ncccc1OC1CCC(NC(=O)c2n[nH]c(C(F)(F)F)n2)CC1. The average Bonchev–Trinajstić information content (AvgIpc) is 3.09. The summed E-state index contributed by atoms with van der Waals surface area (Å²) in [5, 5.41) is 7.74. The third kappa shape index (κ3) is 4.30. The molecule has 2 N–H and O–H groups in total. The monoisotopic (exact) mass is 369 g/mol. The van der Waals surface area contributed by atoms with Gasteiger partial charge >= 0.3 is 6.18 Å². The number of rotatable bonds is 4. The minimum Gasteiger partial charge on any atom is -0.489 e. The highest BCUT2D eigenvalue weighted by Crippen LogP contribution is 2.26. The van der Waals surface area contributed by atoms with Crippen LogP contribution in [0.15, 0.2) is 18.3 Å². The maximum Gasteiger partial charge on any atom is 0.451 e. The van der Waals surface area contributed by atoms with Gasteiger partial charge in [-0.25, -0.2) is 0 Å². The summed E-state index contributed by atoms with van der Waals surface area (Å²) in [4.78, 5) is 19.4. The van der Waals surface area contributed by atoms with Crippen LogP contribution in [0.1, 0.15) is 47.8 Å². The van der Waals surface area contributed by atoms with Crippen molar-refractivity contribution >= 4 is 5.91 Å². The number of nitrogens with zero attached hydrogens (tertiary/aromatic N) is 3. The van der Waals surface area contributed by atoms with Gasteiger partial charge in [-0.1, -0.05) is 0 Å². The van der Waals surface area contributed by atoms with Crippen LogP contribution in [0.4, 0.5) is 13.2 Å². The largest absolute Gasteiger partial charge is 0.489 e. The number of aromatic amines is 1. The second kappa shape index (κ2) is 7.30. The Labute approximate surface area is 147 Å². The number of nitrogens with one attached hydrogen (secondary N) is 2. The summed E-state index contributed by atoms with van der Waals surface area (Å²) >= 11 is 0. The number of carbonyl (C=O) groups is 1. The van der Waals surface area contributed by atoms with E-state index < -0.39 is 23.7 Å². The maximum absolute atomic E-state index is 12.5. The molecule has 7 nitrogen and oxygen atoms in total. The molecule has 26 heavy (non-hydrogen) atoms. The van der Waals surface area contributed by atoms with E-state index in [0.717, 1.165) is 24.3 Å². The number of halogens is 3.